The van der Waals surface area contributed by atoms with Gasteiger partial charge in [0.2, 0.25) is 17.1 Å². The molecule has 0 bridgehead atoms. The minimum Gasteiger partial charge on any atom is -0.296 e. The molecule has 0 saturated carbocycles. The lowest BCUT2D eigenvalue weighted by Gasteiger charge is -1.98. The Labute approximate surface area is 67.9 Å². The third-order valence-corrected chi connectivity index (χ3v) is 1.63. The van der Waals surface area contributed by atoms with Crippen LogP contribution in [-0.2, 0) is 14.4 Å². The molecule has 4 nitrogen and oxygen atoms in total. The molecule has 0 aromatic rings. The zero-order valence-electron chi connectivity index (χ0n) is 5.59. The smallest absolute Gasteiger partial charge is 0.230 e. The van der Waals surface area contributed by atoms with Crippen LogP contribution in [-0.4, -0.2) is 17.1 Å². The first-order valence-corrected chi connectivity index (χ1v) is 3.49. The number of hydrogen-bond donors (Lipinski definition) is 1. The first-order chi connectivity index (χ1) is 5.09. The van der Waals surface area contributed by atoms with Crippen LogP contribution >= 0.6 is 11.6 Å². The van der Waals surface area contributed by atoms with E-state index in [2.05, 4.69) is 5.32 Å². The van der Waals surface area contributed by atoms with Crippen LogP contribution in [0.25, 0.3) is 0 Å². The van der Waals surface area contributed by atoms with Gasteiger partial charge in [0.15, 0.2) is 0 Å². The number of amides is 2. The van der Waals surface area contributed by atoms with Crippen LogP contribution in [0, 0.1) is 5.92 Å². The maximum absolute atomic E-state index is 10.8. The highest BCUT2D eigenvalue weighted by molar-refractivity contribution is 6.63. The molecule has 0 aromatic heterocycles. The number of hydrogen-bond acceptors (Lipinski definition) is 3. The molecule has 11 heavy (non-hydrogen) atoms. The van der Waals surface area contributed by atoms with Crippen molar-refractivity contribution in [2.75, 3.05) is 0 Å². The Hall–Kier alpha value is -0.900. The van der Waals surface area contributed by atoms with Gasteiger partial charge in [-0.25, -0.2) is 0 Å². The molecular formula is C6H6ClNO3. The largest absolute Gasteiger partial charge is 0.296 e. The molecule has 60 valence electrons. The quantitative estimate of drug-likeness (QED) is 0.467. The van der Waals surface area contributed by atoms with Gasteiger partial charge in [-0.1, -0.05) is 0 Å². The van der Waals surface area contributed by atoms with E-state index >= 15 is 0 Å². The second-order valence-electron chi connectivity index (χ2n) is 2.37. The van der Waals surface area contributed by atoms with E-state index in [0.29, 0.717) is 0 Å². The van der Waals surface area contributed by atoms with Gasteiger partial charge in [0.1, 0.15) is 0 Å². The number of carbonyl (C=O) groups excluding carboxylic acids is 3. The highest BCUT2D eigenvalue weighted by atomic mass is 35.5. The summed E-state index contributed by atoms with van der Waals surface area (Å²) in [6.07, 6.45) is 0.0242. The van der Waals surface area contributed by atoms with Crippen LogP contribution in [0.2, 0.25) is 0 Å². The molecule has 0 spiro atoms. The normalized spacial score (nSPS) is 23.5. The summed E-state index contributed by atoms with van der Waals surface area (Å²) in [4.78, 5) is 31.7. The highest BCUT2D eigenvalue weighted by Crippen LogP contribution is 2.15. The predicted octanol–water partition coefficient (Wildman–Crippen LogP) is -0.195. The van der Waals surface area contributed by atoms with Gasteiger partial charge in [0, 0.05) is 12.8 Å². The van der Waals surface area contributed by atoms with E-state index in [0.717, 1.165) is 0 Å². The number of halogens is 1. The fourth-order valence-electron chi connectivity index (χ4n) is 0.966. The van der Waals surface area contributed by atoms with E-state index < -0.39 is 17.1 Å². The molecule has 5 heteroatoms. The van der Waals surface area contributed by atoms with Crippen molar-refractivity contribution in [1.29, 1.82) is 0 Å². The molecule has 1 fully saturated rings. The molecule has 1 unspecified atom stereocenters. The second-order valence-corrected chi connectivity index (χ2v) is 2.79. The lowest BCUT2D eigenvalue weighted by atomic mass is 10.1. The van der Waals surface area contributed by atoms with Gasteiger partial charge < -0.3 is 0 Å². The Kier molecular flexibility index (Phi) is 2.24. The topological polar surface area (TPSA) is 63.2 Å². The van der Waals surface area contributed by atoms with Crippen molar-refractivity contribution in [3.63, 3.8) is 0 Å². The first kappa shape index (κ1) is 8.20. The first-order valence-electron chi connectivity index (χ1n) is 3.11. The van der Waals surface area contributed by atoms with Gasteiger partial charge in [-0.05, 0) is 11.6 Å². The van der Waals surface area contributed by atoms with Crippen molar-refractivity contribution in [3.05, 3.63) is 0 Å². The average molecular weight is 176 g/mol. The van der Waals surface area contributed by atoms with Crippen molar-refractivity contribution in [3.8, 4) is 0 Å². The lowest BCUT2D eigenvalue weighted by molar-refractivity contribution is -0.127. The molecule has 1 N–H and O–H groups in total. The Morgan fingerprint density at radius 3 is 2.64 bits per heavy atom. The zero-order valence-corrected chi connectivity index (χ0v) is 6.35. The molecule has 1 heterocycles. The maximum atomic E-state index is 10.8. The number of imide groups is 1. The molecule has 1 atom stereocenters. The fourth-order valence-corrected chi connectivity index (χ4v) is 1.15. The van der Waals surface area contributed by atoms with E-state index in [1.165, 1.54) is 0 Å². The molecule has 0 aliphatic carbocycles. The minimum atomic E-state index is -0.583. The van der Waals surface area contributed by atoms with Crippen LogP contribution in [0.5, 0.6) is 0 Å². The summed E-state index contributed by atoms with van der Waals surface area (Å²) in [5.41, 5.74) is 0. The summed E-state index contributed by atoms with van der Waals surface area (Å²) < 4.78 is 0. The minimum absolute atomic E-state index is 0.0564. The average Bonchev–Trinajstić information content (AvgIpc) is 2.09. The van der Waals surface area contributed by atoms with E-state index in [-0.39, 0.29) is 18.7 Å². The van der Waals surface area contributed by atoms with Crippen LogP contribution in [0.15, 0.2) is 0 Å². The van der Waals surface area contributed by atoms with Crippen LogP contribution < -0.4 is 5.32 Å². The number of nitrogens with one attached hydrogen (secondary N) is 1. The van der Waals surface area contributed by atoms with Gasteiger partial charge in [-0.2, -0.15) is 0 Å². The van der Waals surface area contributed by atoms with E-state index in [9.17, 15) is 14.4 Å². The predicted molar refractivity (Wildman–Crippen MR) is 36.7 cm³/mol. The summed E-state index contributed by atoms with van der Waals surface area (Å²) in [6, 6.07) is 0. The molecule has 0 aromatic carbocycles. The molecule has 1 rings (SSSR count). The Bertz CT molecular complexity index is 226. The number of rotatable bonds is 2. The van der Waals surface area contributed by atoms with Crippen molar-refractivity contribution in [2.24, 2.45) is 5.92 Å². The summed E-state index contributed by atoms with van der Waals surface area (Å²) in [7, 11) is 0. The molecule has 1 aliphatic heterocycles. The van der Waals surface area contributed by atoms with Crippen LogP contribution in [0.4, 0.5) is 0 Å². The lowest BCUT2D eigenvalue weighted by Crippen LogP contribution is -2.22. The van der Waals surface area contributed by atoms with Gasteiger partial charge in [0.05, 0.1) is 5.92 Å². The standard InChI is InChI=1S/C6H6ClNO3/c7-4(9)1-3-2-5(10)8-6(3)11/h3H,1-2H2,(H,8,10,11). The van der Waals surface area contributed by atoms with Crippen molar-refractivity contribution in [1.82, 2.24) is 5.32 Å². The number of carbonyl (C=O) groups is 3. The molecule has 1 aliphatic rings. The molecule has 1 saturated heterocycles. The van der Waals surface area contributed by atoms with Crippen LogP contribution in [0.1, 0.15) is 12.8 Å². The fraction of sp³-hybridized carbons (Fsp3) is 0.500. The molecule has 0 radical (unpaired) electrons. The van der Waals surface area contributed by atoms with Gasteiger partial charge in [-0.15, -0.1) is 0 Å². The van der Waals surface area contributed by atoms with Crippen LogP contribution in [0.3, 0.4) is 0 Å². The van der Waals surface area contributed by atoms with E-state index in [1.54, 1.807) is 0 Å². The van der Waals surface area contributed by atoms with Crippen molar-refractivity contribution < 1.29 is 14.4 Å². The third-order valence-electron chi connectivity index (χ3n) is 1.47. The van der Waals surface area contributed by atoms with E-state index in [4.69, 9.17) is 11.6 Å². The van der Waals surface area contributed by atoms with Crippen molar-refractivity contribution >= 4 is 28.7 Å². The molecular weight excluding hydrogens is 170 g/mol. The maximum Gasteiger partial charge on any atom is 0.230 e. The van der Waals surface area contributed by atoms with E-state index in [1.807, 2.05) is 0 Å². The van der Waals surface area contributed by atoms with Gasteiger partial charge in [0.25, 0.3) is 0 Å². The third kappa shape index (κ3) is 2.01. The Morgan fingerprint density at radius 1 is 1.64 bits per heavy atom. The van der Waals surface area contributed by atoms with Gasteiger partial charge in [-0.3, -0.25) is 19.7 Å². The van der Waals surface area contributed by atoms with Gasteiger partial charge >= 0.3 is 0 Å². The second kappa shape index (κ2) is 3.00. The Balaban J connectivity index is 2.53. The summed E-state index contributed by atoms with van der Waals surface area (Å²) in [5.74, 6) is -1.28. The summed E-state index contributed by atoms with van der Waals surface area (Å²) in [6.45, 7) is 0. The Morgan fingerprint density at radius 2 is 2.27 bits per heavy atom. The molecule has 2 amide bonds. The monoisotopic (exact) mass is 175 g/mol. The highest BCUT2D eigenvalue weighted by Gasteiger charge is 2.31. The SMILES string of the molecule is O=C(Cl)CC1CC(=O)NC1=O. The summed E-state index contributed by atoms with van der Waals surface area (Å²) in [5, 5.41) is 1.50. The van der Waals surface area contributed by atoms with Crippen molar-refractivity contribution in [2.45, 2.75) is 12.8 Å². The summed E-state index contributed by atoms with van der Waals surface area (Å²) >= 11 is 5.04. The zero-order chi connectivity index (χ0) is 8.43.